The molecule has 0 saturated heterocycles. The zero-order chi connectivity index (χ0) is 10.7. The lowest BCUT2D eigenvalue weighted by atomic mass is 9.89. The molecule has 0 amide bonds. The Balaban J connectivity index is 2.91. The SMILES string of the molecule is COC(=O)C1=C(C)CC[C@@H]1[C@H](C)C=O. The van der Waals surface area contributed by atoms with Crippen LogP contribution in [0.4, 0.5) is 0 Å². The van der Waals surface area contributed by atoms with Crippen molar-refractivity contribution in [2.45, 2.75) is 26.7 Å². The Morgan fingerprint density at radius 3 is 2.79 bits per heavy atom. The highest BCUT2D eigenvalue weighted by Gasteiger charge is 2.32. The molecule has 0 aromatic rings. The molecule has 0 saturated carbocycles. The number of ether oxygens (including phenoxy) is 1. The summed E-state index contributed by atoms with van der Waals surface area (Å²) in [4.78, 5) is 22.1. The van der Waals surface area contributed by atoms with Gasteiger partial charge in [0.2, 0.25) is 0 Å². The molecule has 1 aliphatic rings. The van der Waals surface area contributed by atoms with Crippen molar-refractivity contribution in [2.75, 3.05) is 7.11 Å². The van der Waals surface area contributed by atoms with Gasteiger partial charge in [-0.15, -0.1) is 0 Å². The minimum absolute atomic E-state index is 0.0555. The second-order valence-electron chi connectivity index (χ2n) is 3.83. The van der Waals surface area contributed by atoms with E-state index in [2.05, 4.69) is 0 Å². The Labute approximate surface area is 84.1 Å². The van der Waals surface area contributed by atoms with Crippen LogP contribution in [0.3, 0.4) is 0 Å². The van der Waals surface area contributed by atoms with Gasteiger partial charge in [0, 0.05) is 17.4 Å². The van der Waals surface area contributed by atoms with Crippen molar-refractivity contribution in [3.63, 3.8) is 0 Å². The fraction of sp³-hybridized carbons (Fsp3) is 0.636. The first kappa shape index (κ1) is 11.0. The second kappa shape index (κ2) is 4.40. The van der Waals surface area contributed by atoms with Gasteiger partial charge in [-0.25, -0.2) is 4.79 Å². The van der Waals surface area contributed by atoms with Crippen LogP contribution < -0.4 is 0 Å². The van der Waals surface area contributed by atoms with Crippen LogP contribution in [-0.4, -0.2) is 19.4 Å². The Morgan fingerprint density at radius 2 is 2.29 bits per heavy atom. The molecule has 0 fully saturated rings. The molecule has 2 atom stereocenters. The highest BCUT2D eigenvalue weighted by atomic mass is 16.5. The van der Waals surface area contributed by atoms with Crippen LogP contribution in [0.15, 0.2) is 11.1 Å². The molecule has 0 radical (unpaired) electrons. The maximum atomic E-state index is 11.5. The van der Waals surface area contributed by atoms with Gasteiger partial charge in [0.1, 0.15) is 6.29 Å². The first-order valence-corrected chi connectivity index (χ1v) is 4.85. The lowest BCUT2D eigenvalue weighted by Gasteiger charge is -2.16. The number of carbonyl (C=O) groups is 2. The van der Waals surface area contributed by atoms with Crippen molar-refractivity contribution in [2.24, 2.45) is 11.8 Å². The number of methoxy groups -OCH3 is 1. The number of esters is 1. The van der Waals surface area contributed by atoms with Crippen LogP contribution >= 0.6 is 0 Å². The smallest absolute Gasteiger partial charge is 0.333 e. The fourth-order valence-corrected chi connectivity index (χ4v) is 2.02. The first-order valence-electron chi connectivity index (χ1n) is 4.85. The van der Waals surface area contributed by atoms with Crippen molar-refractivity contribution >= 4 is 12.3 Å². The average Bonchev–Trinajstić information content (AvgIpc) is 2.58. The number of hydrogen-bond acceptors (Lipinski definition) is 3. The van der Waals surface area contributed by atoms with Gasteiger partial charge in [-0.05, 0) is 19.8 Å². The van der Waals surface area contributed by atoms with Crippen LogP contribution in [0, 0.1) is 11.8 Å². The molecule has 0 N–H and O–H groups in total. The molecule has 1 aliphatic carbocycles. The molecule has 0 unspecified atom stereocenters. The molecule has 14 heavy (non-hydrogen) atoms. The maximum Gasteiger partial charge on any atom is 0.333 e. The van der Waals surface area contributed by atoms with E-state index in [1.165, 1.54) is 7.11 Å². The summed E-state index contributed by atoms with van der Waals surface area (Å²) in [5.41, 5.74) is 1.78. The van der Waals surface area contributed by atoms with Crippen molar-refractivity contribution < 1.29 is 14.3 Å². The van der Waals surface area contributed by atoms with E-state index in [0.29, 0.717) is 5.57 Å². The van der Waals surface area contributed by atoms with Crippen LogP contribution in [0.5, 0.6) is 0 Å². The molecular formula is C11H16O3. The van der Waals surface area contributed by atoms with Gasteiger partial charge < -0.3 is 9.53 Å². The minimum atomic E-state index is -0.279. The van der Waals surface area contributed by atoms with Gasteiger partial charge in [-0.1, -0.05) is 12.5 Å². The van der Waals surface area contributed by atoms with Gasteiger partial charge in [-0.3, -0.25) is 0 Å². The molecular weight excluding hydrogens is 180 g/mol. The topological polar surface area (TPSA) is 43.4 Å². The van der Waals surface area contributed by atoms with Crippen LogP contribution in [0.25, 0.3) is 0 Å². The summed E-state index contributed by atoms with van der Waals surface area (Å²) in [6, 6.07) is 0. The zero-order valence-corrected chi connectivity index (χ0v) is 8.87. The molecule has 0 aliphatic heterocycles. The normalized spacial score (nSPS) is 23.5. The van der Waals surface area contributed by atoms with E-state index in [0.717, 1.165) is 24.7 Å². The Hall–Kier alpha value is -1.12. The molecule has 3 heteroatoms. The summed E-state index contributed by atoms with van der Waals surface area (Å²) in [5, 5.41) is 0. The number of aldehydes is 1. The Bertz CT molecular complexity index is 278. The summed E-state index contributed by atoms with van der Waals surface area (Å²) < 4.78 is 4.72. The summed E-state index contributed by atoms with van der Waals surface area (Å²) in [6.45, 7) is 3.78. The van der Waals surface area contributed by atoms with Crippen molar-refractivity contribution in [1.29, 1.82) is 0 Å². The third kappa shape index (κ3) is 1.86. The van der Waals surface area contributed by atoms with E-state index >= 15 is 0 Å². The predicted octanol–water partition coefficient (Wildman–Crippen LogP) is 1.72. The summed E-state index contributed by atoms with van der Waals surface area (Å²) >= 11 is 0. The monoisotopic (exact) mass is 196 g/mol. The first-order chi connectivity index (χ1) is 6.61. The van der Waals surface area contributed by atoms with E-state index in [4.69, 9.17) is 4.74 Å². The maximum absolute atomic E-state index is 11.5. The number of allylic oxidation sites excluding steroid dienone is 1. The van der Waals surface area contributed by atoms with Gasteiger partial charge in [0.25, 0.3) is 0 Å². The van der Waals surface area contributed by atoms with Crippen molar-refractivity contribution in [3.8, 4) is 0 Å². The van der Waals surface area contributed by atoms with E-state index < -0.39 is 0 Å². The van der Waals surface area contributed by atoms with Crippen LogP contribution in [-0.2, 0) is 14.3 Å². The molecule has 0 aromatic carbocycles. The van der Waals surface area contributed by atoms with Gasteiger partial charge >= 0.3 is 5.97 Å². The second-order valence-corrected chi connectivity index (χ2v) is 3.83. The Kier molecular flexibility index (Phi) is 3.44. The van der Waals surface area contributed by atoms with Crippen LogP contribution in [0.2, 0.25) is 0 Å². The Morgan fingerprint density at radius 1 is 1.64 bits per heavy atom. The average molecular weight is 196 g/mol. The third-order valence-electron chi connectivity index (χ3n) is 2.92. The molecule has 78 valence electrons. The quantitative estimate of drug-likeness (QED) is 0.510. The standard InChI is InChI=1S/C11H16O3/c1-7-4-5-9(8(2)6-12)10(7)11(13)14-3/h6,8-9H,4-5H2,1-3H3/t8-,9-/m1/s1. The predicted molar refractivity (Wildman–Crippen MR) is 52.7 cm³/mol. The number of hydrogen-bond donors (Lipinski definition) is 0. The highest BCUT2D eigenvalue weighted by Crippen LogP contribution is 2.36. The van der Waals surface area contributed by atoms with Gasteiger partial charge in [0.05, 0.1) is 7.11 Å². The van der Waals surface area contributed by atoms with Crippen molar-refractivity contribution in [1.82, 2.24) is 0 Å². The lowest BCUT2D eigenvalue weighted by Crippen LogP contribution is -2.19. The molecule has 0 spiro atoms. The van der Waals surface area contributed by atoms with E-state index in [1.807, 2.05) is 13.8 Å². The van der Waals surface area contributed by atoms with E-state index in [-0.39, 0.29) is 17.8 Å². The lowest BCUT2D eigenvalue weighted by molar-refractivity contribution is -0.136. The fourth-order valence-electron chi connectivity index (χ4n) is 2.02. The zero-order valence-electron chi connectivity index (χ0n) is 8.87. The summed E-state index contributed by atoms with van der Waals surface area (Å²) in [5.74, 6) is -0.319. The molecule has 1 rings (SSSR count). The molecule has 3 nitrogen and oxygen atoms in total. The largest absolute Gasteiger partial charge is 0.466 e. The molecule has 0 bridgehead atoms. The van der Waals surface area contributed by atoms with Gasteiger partial charge in [0.15, 0.2) is 0 Å². The third-order valence-corrected chi connectivity index (χ3v) is 2.92. The summed E-state index contributed by atoms with van der Waals surface area (Å²) in [6.07, 6.45) is 2.69. The number of rotatable bonds is 3. The molecule has 0 heterocycles. The summed E-state index contributed by atoms with van der Waals surface area (Å²) in [7, 11) is 1.38. The molecule has 0 aromatic heterocycles. The highest BCUT2D eigenvalue weighted by molar-refractivity contribution is 5.91. The van der Waals surface area contributed by atoms with E-state index in [1.54, 1.807) is 0 Å². The van der Waals surface area contributed by atoms with Crippen molar-refractivity contribution in [3.05, 3.63) is 11.1 Å². The van der Waals surface area contributed by atoms with Gasteiger partial charge in [-0.2, -0.15) is 0 Å². The number of carbonyl (C=O) groups excluding carboxylic acids is 2. The van der Waals surface area contributed by atoms with Crippen LogP contribution in [0.1, 0.15) is 26.7 Å². The minimum Gasteiger partial charge on any atom is -0.466 e. The van der Waals surface area contributed by atoms with E-state index in [9.17, 15) is 9.59 Å².